The van der Waals surface area contributed by atoms with E-state index in [1.807, 2.05) is 26.0 Å². The fraction of sp³-hybridized carbons (Fsp3) is 0.467. The zero-order valence-corrected chi connectivity index (χ0v) is 13.0. The summed E-state index contributed by atoms with van der Waals surface area (Å²) in [5, 5.41) is 3.72. The van der Waals surface area contributed by atoms with E-state index in [0.717, 1.165) is 36.1 Å². The first-order valence-electron chi connectivity index (χ1n) is 7.03. The zero-order valence-electron chi connectivity index (χ0n) is 12.1. The van der Waals surface area contributed by atoms with Gasteiger partial charge >= 0.3 is 0 Å². The molecule has 0 radical (unpaired) electrons. The van der Waals surface area contributed by atoms with E-state index in [4.69, 9.17) is 9.15 Å². The molecule has 1 fully saturated rings. The first-order valence-corrected chi connectivity index (χ1v) is 7.85. The minimum Gasteiger partial charge on any atom is -0.459 e. The van der Waals surface area contributed by atoms with Crippen molar-refractivity contribution >= 4 is 17.2 Å². The predicted molar refractivity (Wildman–Crippen MR) is 80.5 cm³/mol. The Morgan fingerprint density at radius 1 is 1.48 bits per heavy atom. The third-order valence-electron chi connectivity index (χ3n) is 3.53. The Balaban J connectivity index is 1.69. The van der Waals surface area contributed by atoms with Crippen LogP contribution in [0.5, 0.6) is 0 Å². The van der Waals surface area contributed by atoms with Crippen LogP contribution in [-0.4, -0.2) is 30.6 Å². The van der Waals surface area contributed by atoms with Crippen LogP contribution in [0.4, 0.5) is 0 Å². The van der Waals surface area contributed by atoms with Gasteiger partial charge in [-0.1, -0.05) is 0 Å². The van der Waals surface area contributed by atoms with Crippen LogP contribution in [0.1, 0.15) is 27.5 Å². The summed E-state index contributed by atoms with van der Waals surface area (Å²) in [5.74, 6) is 1.91. The maximum atomic E-state index is 12.3. The molecular weight excluding hydrogens is 288 g/mol. The minimum atomic E-state index is -0.0635. The van der Waals surface area contributed by atoms with Crippen molar-refractivity contribution in [3.05, 3.63) is 28.5 Å². The average molecular weight is 306 g/mol. The van der Waals surface area contributed by atoms with Gasteiger partial charge in [-0.15, -0.1) is 11.3 Å². The summed E-state index contributed by atoms with van der Waals surface area (Å²) in [6, 6.07) is 3.77. The molecule has 3 rings (SSSR count). The van der Waals surface area contributed by atoms with Crippen LogP contribution in [0.15, 0.2) is 16.5 Å². The molecule has 21 heavy (non-hydrogen) atoms. The largest absolute Gasteiger partial charge is 0.459 e. The highest BCUT2D eigenvalue weighted by molar-refractivity contribution is 7.17. The van der Waals surface area contributed by atoms with Gasteiger partial charge in [0.25, 0.3) is 5.91 Å². The molecule has 1 aliphatic heterocycles. The molecule has 1 amide bonds. The number of carbonyl (C=O) groups excluding carboxylic acids is 1. The second kappa shape index (κ2) is 5.99. The fourth-order valence-corrected chi connectivity index (χ4v) is 3.27. The van der Waals surface area contributed by atoms with Crippen LogP contribution in [0.2, 0.25) is 0 Å². The van der Waals surface area contributed by atoms with Gasteiger partial charge in [0.15, 0.2) is 10.8 Å². The van der Waals surface area contributed by atoms with E-state index in [1.54, 1.807) is 0 Å². The van der Waals surface area contributed by atoms with Gasteiger partial charge in [-0.25, -0.2) is 4.98 Å². The zero-order chi connectivity index (χ0) is 14.8. The number of nitrogens with one attached hydrogen (secondary N) is 1. The van der Waals surface area contributed by atoms with Gasteiger partial charge in [-0.2, -0.15) is 0 Å². The average Bonchev–Trinajstić information content (AvgIpc) is 3.16. The molecule has 0 spiro atoms. The molecule has 1 saturated heterocycles. The number of amides is 1. The first kappa shape index (κ1) is 14.3. The Bertz CT molecular complexity index is 641. The molecule has 3 heterocycles. The van der Waals surface area contributed by atoms with E-state index >= 15 is 0 Å². The van der Waals surface area contributed by atoms with Gasteiger partial charge in [0.2, 0.25) is 0 Å². The summed E-state index contributed by atoms with van der Waals surface area (Å²) in [6.45, 7) is 5.93. The molecule has 112 valence electrons. The van der Waals surface area contributed by atoms with Gasteiger partial charge in [-0.3, -0.25) is 4.79 Å². The van der Waals surface area contributed by atoms with Crippen molar-refractivity contribution in [2.45, 2.75) is 20.3 Å². The minimum absolute atomic E-state index is 0.0635. The summed E-state index contributed by atoms with van der Waals surface area (Å²) in [5.41, 5.74) is 0.740. The smallest absolute Gasteiger partial charge is 0.263 e. The lowest BCUT2D eigenvalue weighted by Crippen LogP contribution is -2.29. The molecule has 0 aromatic carbocycles. The highest BCUT2D eigenvalue weighted by atomic mass is 32.1. The predicted octanol–water partition coefficient (Wildman–Crippen LogP) is 2.79. The molecule has 0 aliphatic carbocycles. The number of aromatic nitrogens is 1. The van der Waals surface area contributed by atoms with Crippen LogP contribution in [0, 0.1) is 19.8 Å². The summed E-state index contributed by atoms with van der Waals surface area (Å²) < 4.78 is 10.9. The van der Waals surface area contributed by atoms with Gasteiger partial charge in [0.1, 0.15) is 10.6 Å². The number of carbonyl (C=O) groups is 1. The summed E-state index contributed by atoms with van der Waals surface area (Å²) in [4.78, 5) is 17.3. The van der Waals surface area contributed by atoms with Gasteiger partial charge in [-0.05, 0) is 32.4 Å². The molecule has 6 heteroatoms. The number of aryl methyl sites for hydroxylation is 2. The molecule has 2 aromatic rings. The van der Waals surface area contributed by atoms with Gasteiger partial charge in [0.05, 0.1) is 12.3 Å². The molecule has 0 saturated carbocycles. The van der Waals surface area contributed by atoms with E-state index in [1.165, 1.54) is 11.3 Å². The third kappa shape index (κ3) is 3.16. The van der Waals surface area contributed by atoms with E-state index in [9.17, 15) is 4.79 Å². The number of hydrogen-bond acceptors (Lipinski definition) is 5. The van der Waals surface area contributed by atoms with Crippen LogP contribution in [-0.2, 0) is 4.74 Å². The van der Waals surface area contributed by atoms with Crippen LogP contribution in [0.25, 0.3) is 10.8 Å². The first-order chi connectivity index (χ1) is 10.1. The number of furan rings is 1. The van der Waals surface area contributed by atoms with Crippen molar-refractivity contribution in [2.24, 2.45) is 5.92 Å². The number of nitrogens with zero attached hydrogens (tertiary/aromatic N) is 1. The maximum Gasteiger partial charge on any atom is 0.263 e. The summed E-state index contributed by atoms with van der Waals surface area (Å²) >= 11 is 1.37. The Labute approximate surface area is 127 Å². The van der Waals surface area contributed by atoms with E-state index < -0.39 is 0 Å². The van der Waals surface area contributed by atoms with Crippen molar-refractivity contribution in [1.29, 1.82) is 0 Å². The molecule has 2 aromatic heterocycles. The van der Waals surface area contributed by atoms with E-state index in [2.05, 4.69) is 10.3 Å². The summed E-state index contributed by atoms with van der Waals surface area (Å²) in [7, 11) is 0. The highest BCUT2D eigenvalue weighted by Crippen LogP contribution is 2.29. The SMILES string of the molecule is Cc1ccc(-c2nc(C)c(C(=O)NC[C@@H]3CCOC3)s2)o1. The summed E-state index contributed by atoms with van der Waals surface area (Å²) in [6.07, 6.45) is 1.01. The van der Waals surface area contributed by atoms with Gasteiger partial charge in [0, 0.05) is 19.1 Å². The number of ether oxygens (including phenoxy) is 1. The standard InChI is InChI=1S/C15H18N2O3S/c1-9-3-4-12(20-9)15-17-10(2)13(21-15)14(18)16-7-11-5-6-19-8-11/h3-4,11H,5-8H2,1-2H3,(H,16,18)/t11-/m0/s1. The van der Waals surface area contributed by atoms with E-state index in [0.29, 0.717) is 23.1 Å². The maximum absolute atomic E-state index is 12.3. The third-order valence-corrected chi connectivity index (χ3v) is 4.70. The fourth-order valence-electron chi connectivity index (χ4n) is 2.32. The van der Waals surface area contributed by atoms with Crippen molar-refractivity contribution in [3.63, 3.8) is 0 Å². The number of thiazole rings is 1. The van der Waals surface area contributed by atoms with Crippen LogP contribution in [0.3, 0.4) is 0 Å². The Kier molecular flexibility index (Phi) is 4.07. The number of rotatable bonds is 4. The topological polar surface area (TPSA) is 64.4 Å². The molecule has 0 unspecified atom stereocenters. The van der Waals surface area contributed by atoms with Gasteiger partial charge < -0.3 is 14.5 Å². The monoisotopic (exact) mass is 306 g/mol. The Morgan fingerprint density at radius 2 is 2.33 bits per heavy atom. The molecule has 1 N–H and O–H groups in total. The van der Waals surface area contributed by atoms with Crippen LogP contribution < -0.4 is 5.32 Å². The Hall–Kier alpha value is -1.66. The molecule has 1 aliphatic rings. The van der Waals surface area contributed by atoms with Crippen molar-refractivity contribution in [3.8, 4) is 10.8 Å². The molecule has 5 nitrogen and oxygen atoms in total. The van der Waals surface area contributed by atoms with Crippen LogP contribution >= 0.6 is 11.3 Å². The molecule has 0 bridgehead atoms. The second-order valence-electron chi connectivity index (χ2n) is 5.28. The lowest BCUT2D eigenvalue weighted by molar-refractivity contribution is 0.0948. The highest BCUT2D eigenvalue weighted by Gasteiger charge is 2.20. The van der Waals surface area contributed by atoms with Crippen molar-refractivity contribution in [2.75, 3.05) is 19.8 Å². The normalized spacial score (nSPS) is 18.1. The van der Waals surface area contributed by atoms with Crippen molar-refractivity contribution in [1.82, 2.24) is 10.3 Å². The number of hydrogen-bond donors (Lipinski definition) is 1. The Morgan fingerprint density at radius 3 is 3.00 bits per heavy atom. The lowest BCUT2D eigenvalue weighted by Gasteiger charge is -2.08. The quantitative estimate of drug-likeness (QED) is 0.943. The second-order valence-corrected chi connectivity index (χ2v) is 6.28. The molecular formula is C15H18N2O3S. The molecule has 1 atom stereocenters. The van der Waals surface area contributed by atoms with Crippen molar-refractivity contribution < 1.29 is 13.9 Å². The van der Waals surface area contributed by atoms with E-state index in [-0.39, 0.29) is 5.91 Å². The lowest BCUT2D eigenvalue weighted by atomic mass is 10.1.